The summed E-state index contributed by atoms with van der Waals surface area (Å²) >= 11 is 7.99. The first-order chi connectivity index (χ1) is 7.04. The molecule has 0 saturated heterocycles. The van der Waals surface area contributed by atoms with Crippen molar-refractivity contribution in [2.45, 2.75) is 19.4 Å². The molecule has 1 unspecified atom stereocenters. The van der Waals surface area contributed by atoms with E-state index in [0.29, 0.717) is 17.8 Å². The lowest BCUT2D eigenvalue weighted by molar-refractivity contribution is 0.0918. The summed E-state index contributed by atoms with van der Waals surface area (Å²) in [7, 11) is 0. The molecule has 0 saturated carbocycles. The Balaban J connectivity index is 2.54. The smallest absolute Gasteiger partial charge is 0.261 e. The molecular weight excluding hydrogens is 346 g/mol. The molecule has 0 radical (unpaired) electrons. The van der Waals surface area contributed by atoms with E-state index in [1.807, 2.05) is 6.92 Å². The van der Waals surface area contributed by atoms with Gasteiger partial charge in [-0.3, -0.25) is 4.79 Å². The van der Waals surface area contributed by atoms with Gasteiger partial charge in [-0.1, -0.05) is 6.92 Å². The maximum Gasteiger partial charge on any atom is 0.261 e. The summed E-state index contributed by atoms with van der Waals surface area (Å²) in [5, 5.41) is 12.0. The van der Waals surface area contributed by atoms with Gasteiger partial charge in [0.05, 0.1) is 14.8 Å². The monoisotopic (exact) mass is 355 g/mol. The molecule has 1 amide bonds. The summed E-state index contributed by atoms with van der Waals surface area (Å²) in [6.45, 7) is 2.16. The van der Waals surface area contributed by atoms with Crippen molar-refractivity contribution in [2.75, 3.05) is 6.54 Å². The second kappa shape index (κ2) is 5.98. The van der Waals surface area contributed by atoms with Crippen LogP contribution in [0.2, 0.25) is 0 Å². The quantitative estimate of drug-likeness (QED) is 0.871. The molecule has 0 aliphatic carbocycles. The van der Waals surface area contributed by atoms with Crippen LogP contribution in [0.4, 0.5) is 0 Å². The average molecular weight is 357 g/mol. The van der Waals surface area contributed by atoms with Gasteiger partial charge in [0.25, 0.3) is 5.91 Å². The molecule has 1 aromatic rings. The lowest BCUT2D eigenvalue weighted by atomic mass is 10.3. The Labute approximate surface area is 109 Å². The van der Waals surface area contributed by atoms with Crippen molar-refractivity contribution < 1.29 is 9.90 Å². The van der Waals surface area contributed by atoms with Gasteiger partial charge < -0.3 is 10.4 Å². The fourth-order valence-corrected chi connectivity index (χ4v) is 2.85. The molecular formula is C9H11Br2NO2S. The molecule has 0 aliphatic heterocycles. The van der Waals surface area contributed by atoms with E-state index in [0.717, 1.165) is 8.26 Å². The zero-order chi connectivity index (χ0) is 11.4. The van der Waals surface area contributed by atoms with Crippen molar-refractivity contribution in [3.63, 3.8) is 0 Å². The van der Waals surface area contributed by atoms with Crippen LogP contribution in [0, 0.1) is 0 Å². The molecule has 3 nitrogen and oxygen atoms in total. The van der Waals surface area contributed by atoms with Crippen LogP contribution in [0.25, 0.3) is 0 Å². The van der Waals surface area contributed by atoms with Crippen LogP contribution >= 0.6 is 43.2 Å². The minimum Gasteiger partial charge on any atom is -0.391 e. The van der Waals surface area contributed by atoms with Crippen molar-refractivity contribution in [1.82, 2.24) is 5.32 Å². The largest absolute Gasteiger partial charge is 0.391 e. The van der Waals surface area contributed by atoms with Crippen molar-refractivity contribution in [2.24, 2.45) is 0 Å². The molecule has 84 valence electrons. The van der Waals surface area contributed by atoms with Crippen LogP contribution in [-0.2, 0) is 0 Å². The molecule has 1 atom stereocenters. The standard InChI is InChI=1S/C9H11Br2NO2S/c1-2-5(13)4-12-9(14)7-3-6(10)8(11)15-7/h3,5,13H,2,4H2,1H3,(H,12,14). The van der Waals surface area contributed by atoms with Gasteiger partial charge in [0.15, 0.2) is 0 Å². The van der Waals surface area contributed by atoms with Crippen LogP contribution in [0.1, 0.15) is 23.0 Å². The number of hydrogen-bond acceptors (Lipinski definition) is 3. The molecule has 0 spiro atoms. The molecule has 6 heteroatoms. The molecule has 1 aromatic heterocycles. The summed E-state index contributed by atoms with van der Waals surface area (Å²) in [5.41, 5.74) is 0. The predicted molar refractivity (Wildman–Crippen MR) is 68.4 cm³/mol. The minimum absolute atomic E-state index is 0.154. The molecule has 1 heterocycles. The SMILES string of the molecule is CCC(O)CNC(=O)c1cc(Br)c(Br)s1. The van der Waals surface area contributed by atoms with Crippen molar-refractivity contribution in [3.05, 3.63) is 19.2 Å². The summed E-state index contributed by atoms with van der Waals surface area (Å²) in [6.07, 6.45) is 0.166. The number of aliphatic hydroxyl groups is 1. The van der Waals surface area contributed by atoms with Crippen molar-refractivity contribution in [1.29, 1.82) is 0 Å². The normalized spacial score (nSPS) is 12.5. The van der Waals surface area contributed by atoms with E-state index in [9.17, 15) is 9.90 Å². The van der Waals surface area contributed by atoms with Crippen molar-refractivity contribution >= 4 is 49.1 Å². The average Bonchev–Trinajstić information content (AvgIpc) is 2.55. The number of amides is 1. The molecule has 0 bridgehead atoms. The van der Waals surface area contributed by atoms with Gasteiger partial charge in [0, 0.05) is 11.0 Å². The van der Waals surface area contributed by atoms with E-state index >= 15 is 0 Å². The second-order valence-corrected chi connectivity index (χ2v) is 6.23. The Kier molecular flexibility index (Phi) is 5.25. The van der Waals surface area contributed by atoms with Gasteiger partial charge in [0.2, 0.25) is 0 Å². The van der Waals surface area contributed by atoms with Crippen LogP contribution in [-0.4, -0.2) is 23.7 Å². The van der Waals surface area contributed by atoms with E-state index in [4.69, 9.17) is 0 Å². The van der Waals surface area contributed by atoms with Crippen LogP contribution in [0.15, 0.2) is 14.3 Å². The Morgan fingerprint density at radius 2 is 2.33 bits per heavy atom. The number of hydrogen-bond donors (Lipinski definition) is 2. The molecule has 15 heavy (non-hydrogen) atoms. The maximum atomic E-state index is 11.6. The fraction of sp³-hybridized carbons (Fsp3) is 0.444. The number of carbonyl (C=O) groups excluding carboxylic acids is 1. The highest BCUT2D eigenvalue weighted by Crippen LogP contribution is 2.32. The number of nitrogens with one attached hydrogen (secondary N) is 1. The van der Waals surface area contributed by atoms with Crippen molar-refractivity contribution in [3.8, 4) is 0 Å². The zero-order valence-corrected chi connectivity index (χ0v) is 12.1. The molecule has 0 fully saturated rings. The maximum absolute atomic E-state index is 11.6. The van der Waals surface area contributed by atoms with E-state index in [-0.39, 0.29) is 5.91 Å². The first-order valence-electron chi connectivity index (χ1n) is 4.45. The lowest BCUT2D eigenvalue weighted by Crippen LogP contribution is -2.31. The van der Waals surface area contributed by atoms with Gasteiger partial charge in [-0.05, 0) is 44.3 Å². The van der Waals surface area contributed by atoms with E-state index in [1.54, 1.807) is 6.07 Å². The Hall–Kier alpha value is 0.0900. The van der Waals surface area contributed by atoms with Gasteiger partial charge >= 0.3 is 0 Å². The number of rotatable bonds is 4. The van der Waals surface area contributed by atoms with Gasteiger partial charge in [-0.25, -0.2) is 0 Å². The van der Waals surface area contributed by atoms with Crippen LogP contribution < -0.4 is 5.32 Å². The topological polar surface area (TPSA) is 49.3 Å². The third-order valence-electron chi connectivity index (χ3n) is 1.84. The Morgan fingerprint density at radius 1 is 1.67 bits per heavy atom. The predicted octanol–water partition coefficient (Wildman–Crippen LogP) is 2.77. The minimum atomic E-state index is -0.471. The highest BCUT2D eigenvalue weighted by molar-refractivity contribution is 9.13. The lowest BCUT2D eigenvalue weighted by Gasteiger charge is -2.07. The number of aliphatic hydroxyl groups excluding tert-OH is 1. The highest BCUT2D eigenvalue weighted by atomic mass is 79.9. The Bertz CT molecular complexity index is 334. The summed E-state index contributed by atoms with van der Waals surface area (Å²) < 4.78 is 1.76. The number of halogens is 2. The van der Waals surface area contributed by atoms with Gasteiger partial charge in [0.1, 0.15) is 0 Å². The molecule has 0 aromatic carbocycles. The van der Waals surface area contributed by atoms with E-state index in [2.05, 4.69) is 37.2 Å². The zero-order valence-electron chi connectivity index (χ0n) is 8.09. The summed E-state index contributed by atoms with van der Waals surface area (Å²) in [5.74, 6) is -0.154. The third-order valence-corrected chi connectivity index (χ3v) is 5.09. The van der Waals surface area contributed by atoms with Crippen LogP contribution in [0.3, 0.4) is 0 Å². The van der Waals surface area contributed by atoms with E-state index in [1.165, 1.54) is 11.3 Å². The summed E-state index contributed by atoms with van der Waals surface area (Å²) in [4.78, 5) is 12.2. The number of carbonyl (C=O) groups is 1. The fourth-order valence-electron chi connectivity index (χ4n) is 0.900. The first kappa shape index (κ1) is 13.2. The van der Waals surface area contributed by atoms with E-state index < -0.39 is 6.10 Å². The van der Waals surface area contributed by atoms with Gasteiger partial charge in [-0.15, -0.1) is 11.3 Å². The third kappa shape index (κ3) is 3.86. The highest BCUT2D eigenvalue weighted by Gasteiger charge is 2.12. The Morgan fingerprint density at radius 3 is 2.80 bits per heavy atom. The molecule has 0 aliphatic rings. The number of thiophene rings is 1. The summed E-state index contributed by atoms with van der Waals surface area (Å²) in [6, 6.07) is 1.75. The van der Waals surface area contributed by atoms with Crippen LogP contribution in [0.5, 0.6) is 0 Å². The van der Waals surface area contributed by atoms with Gasteiger partial charge in [-0.2, -0.15) is 0 Å². The first-order valence-corrected chi connectivity index (χ1v) is 6.86. The molecule has 2 N–H and O–H groups in total. The molecule has 1 rings (SSSR count). The second-order valence-electron chi connectivity index (χ2n) is 3.00.